The number of amides is 1. The molecule has 1 aromatic rings. The van der Waals surface area contributed by atoms with Crippen molar-refractivity contribution in [2.75, 3.05) is 17.2 Å². The Hall–Kier alpha value is -1.30. The molecular weight excluding hydrogens is 214 g/mol. The zero-order valence-electron chi connectivity index (χ0n) is 8.32. The van der Waals surface area contributed by atoms with Crippen LogP contribution >= 0.6 is 11.8 Å². The van der Waals surface area contributed by atoms with E-state index in [4.69, 9.17) is 0 Å². The van der Waals surface area contributed by atoms with Gasteiger partial charge in [-0.3, -0.25) is 9.59 Å². The van der Waals surface area contributed by atoms with E-state index >= 15 is 0 Å². The van der Waals surface area contributed by atoms with Crippen LogP contribution in [0.2, 0.25) is 0 Å². The average Bonchev–Trinajstić information content (AvgIpc) is 2.23. The van der Waals surface area contributed by atoms with Crippen LogP contribution in [0.3, 0.4) is 0 Å². The molecule has 0 aromatic carbocycles. The summed E-state index contributed by atoms with van der Waals surface area (Å²) in [6, 6.07) is 0. The molecule has 5 nitrogen and oxygen atoms in total. The third-order valence-corrected chi connectivity index (χ3v) is 3.17. The molecule has 1 amide bonds. The van der Waals surface area contributed by atoms with E-state index in [9.17, 15) is 9.59 Å². The van der Waals surface area contributed by atoms with Gasteiger partial charge >= 0.3 is 0 Å². The number of nitrogens with one attached hydrogen (secondary N) is 1. The average molecular weight is 225 g/mol. The van der Waals surface area contributed by atoms with Crippen LogP contribution in [0.5, 0.6) is 0 Å². The van der Waals surface area contributed by atoms with E-state index in [1.165, 1.54) is 11.8 Å². The third-order valence-electron chi connectivity index (χ3n) is 2.17. The first-order valence-corrected chi connectivity index (χ1v) is 5.73. The Labute approximate surface area is 90.9 Å². The van der Waals surface area contributed by atoms with Crippen LogP contribution < -0.4 is 10.5 Å². The molecule has 1 aromatic heterocycles. The molecular formula is C9H11N3O2S. The number of anilines is 1. The molecule has 80 valence electrons. The zero-order valence-corrected chi connectivity index (χ0v) is 9.13. The number of hydrogen-bond donors (Lipinski definition) is 1. The summed E-state index contributed by atoms with van der Waals surface area (Å²) in [4.78, 5) is 25.5. The van der Waals surface area contributed by atoms with E-state index in [2.05, 4.69) is 10.2 Å². The maximum absolute atomic E-state index is 11.6. The lowest BCUT2D eigenvalue weighted by atomic mass is 10.3. The lowest BCUT2D eigenvalue weighted by molar-refractivity contribution is -0.116. The highest BCUT2D eigenvalue weighted by Gasteiger charge is 2.26. The minimum Gasteiger partial charge on any atom is -0.306 e. The number of carbonyl (C=O) groups is 1. The number of aromatic nitrogens is 2. The fourth-order valence-electron chi connectivity index (χ4n) is 1.54. The molecule has 0 fully saturated rings. The van der Waals surface area contributed by atoms with Crippen molar-refractivity contribution in [3.63, 3.8) is 0 Å². The van der Waals surface area contributed by atoms with Crippen molar-refractivity contribution in [2.45, 2.75) is 18.2 Å². The fraction of sp³-hybridized carbons (Fsp3) is 0.444. The Morgan fingerprint density at radius 2 is 2.40 bits per heavy atom. The standard InChI is InChI=1S/C9H11N3O2S/c1-2-3-12-7(13)5-15-6-4-10-11-9(14)8(6)12/h4H,2-3,5H2,1H3,(H,11,14). The number of H-pyrrole nitrogens is 1. The van der Waals surface area contributed by atoms with E-state index in [0.717, 1.165) is 11.3 Å². The Morgan fingerprint density at radius 3 is 3.13 bits per heavy atom. The largest absolute Gasteiger partial charge is 0.306 e. The van der Waals surface area contributed by atoms with E-state index in [-0.39, 0.29) is 11.5 Å². The van der Waals surface area contributed by atoms with Gasteiger partial charge in [-0.05, 0) is 6.42 Å². The van der Waals surface area contributed by atoms with Crippen LogP contribution in [0.25, 0.3) is 0 Å². The summed E-state index contributed by atoms with van der Waals surface area (Å²) in [5.41, 5.74) is 0.162. The van der Waals surface area contributed by atoms with Crippen LogP contribution in [0, 0.1) is 0 Å². The molecule has 0 saturated carbocycles. The number of rotatable bonds is 2. The number of thioether (sulfide) groups is 1. The third kappa shape index (κ3) is 1.77. The summed E-state index contributed by atoms with van der Waals surface area (Å²) in [5, 5.41) is 6.08. The number of aromatic amines is 1. The van der Waals surface area contributed by atoms with Crippen molar-refractivity contribution < 1.29 is 4.79 Å². The quantitative estimate of drug-likeness (QED) is 0.801. The van der Waals surface area contributed by atoms with Crippen molar-refractivity contribution in [3.05, 3.63) is 16.6 Å². The molecule has 1 aliphatic rings. The normalized spacial score (nSPS) is 15.3. The summed E-state index contributed by atoms with van der Waals surface area (Å²) < 4.78 is 0. The van der Waals surface area contributed by atoms with E-state index in [1.807, 2.05) is 6.92 Å². The SMILES string of the molecule is CCCN1C(=O)CSc2cn[nH]c(=O)c21. The summed E-state index contributed by atoms with van der Waals surface area (Å²) in [5.74, 6) is 0.379. The lowest BCUT2D eigenvalue weighted by Crippen LogP contribution is -2.40. The number of fused-ring (bicyclic) bond motifs is 1. The number of nitrogens with zero attached hydrogens (tertiary/aromatic N) is 2. The summed E-state index contributed by atoms with van der Waals surface area (Å²) in [7, 11) is 0. The molecule has 0 spiro atoms. The van der Waals surface area contributed by atoms with Gasteiger partial charge in [0.05, 0.1) is 16.8 Å². The van der Waals surface area contributed by atoms with Gasteiger partial charge in [0.15, 0.2) is 0 Å². The Bertz CT molecular complexity index is 443. The fourth-order valence-corrected chi connectivity index (χ4v) is 2.44. The maximum Gasteiger partial charge on any atom is 0.289 e. The molecule has 1 aliphatic heterocycles. The molecule has 0 atom stereocenters. The number of hydrogen-bond acceptors (Lipinski definition) is 4. The second-order valence-electron chi connectivity index (χ2n) is 3.25. The molecule has 2 heterocycles. The van der Waals surface area contributed by atoms with E-state index in [1.54, 1.807) is 11.1 Å². The van der Waals surface area contributed by atoms with Crippen molar-refractivity contribution in [1.82, 2.24) is 10.2 Å². The van der Waals surface area contributed by atoms with Crippen molar-refractivity contribution in [1.29, 1.82) is 0 Å². The monoisotopic (exact) mass is 225 g/mol. The van der Waals surface area contributed by atoms with E-state index < -0.39 is 0 Å². The van der Waals surface area contributed by atoms with Gasteiger partial charge in [-0.1, -0.05) is 6.92 Å². The van der Waals surface area contributed by atoms with Gasteiger partial charge in [0.25, 0.3) is 5.56 Å². The molecule has 0 bridgehead atoms. The molecule has 1 N–H and O–H groups in total. The molecule has 0 aliphatic carbocycles. The van der Waals surface area contributed by atoms with E-state index in [0.29, 0.717) is 18.0 Å². The number of carbonyl (C=O) groups excluding carboxylic acids is 1. The van der Waals surface area contributed by atoms with Crippen LogP contribution in [0.15, 0.2) is 15.9 Å². The van der Waals surface area contributed by atoms with Crippen LogP contribution in [-0.4, -0.2) is 28.4 Å². The van der Waals surface area contributed by atoms with Gasteiger partial charge in [-0.2, -0.15) is 5.10 Å². The highest BCUT2D eigenvalue weighted by Crippen LogP contribution is 2.31. The van der Waals surface area contributed by atoms with Crippen molar-refractivity contribution >= 4 is 23.4 Å². The Kier molecular flexibility index (Phi) is 2.77. The molecule has 0 radical (unpaired) electrons. The van der Waals surface area contributed by atoms with Gasteiger partial charge in [0.2, 0.25) is 5.91 Å². The zero-order chi connectivity index (χ0) is 10.8. The first kappa shape index (κ1) is 10.2. The predicted octanol–water partition coefficient (Wildman–Crippen LogP) is 0.619. The second kappa shape index (κ2) is 4.06. The van der Waals surface area contributed by atoms with Crippen LogP contribution in [0.4, 0.5) is 5.69 Å². The molecule has 0 unspecified atom stereocenters. The Morgan fingerprint density at radius 1 is 1.60 bits per heavy atom. The maximum atomic E-state index is 11.6. The highest BCUT2D eigenvalue weighted by atomic mass is 32.2. The smallest absolute Gasteiger partial charge is 0.289 e. The lowest BCUT2D eigenvalue weighted by Gasteiger charge is -2.26. The predicted molar refractivity (Wildman–Crippen MR) is 58.2 cm³/mol. The highest BCUT2D eigenvalue weighted by molar-refractivity contribution is 8.00. The summed E-state index contributed by atoms with van der Waals surface area (Å²) in [6.45, 7) is 2.56. The molecule has 0 saturated heterocycles. The van der Waals surface area contributed by atoms with Gasteiger partial charge in [-0.25, -0.2) is 5.10 Å². The van der Waals surface area contributed by atoms with Crippen molar-refractivity contribution in [2.24, 2.45) is 0 Å². The van der Waals surface area contributed by atoms with Gasteiger partial charge in [-0.15, -0.1) is 11.8 Å². The van der Waals surface area contributed by atoms with Crippen LogP contribution in [0.1, 0.15) is 13.3 Å². The van der Waals surface area contributed by atoms with Gasteiger partial charge in [0.1, 0.15) is 5.69 Å². The molecule has 6 heteroatoms. The first-order valence-electron chi connectivity index (χ1n) is 4.75. The minimum atomic E-state index is -0.290. The molecule has 15 heavy (non-hydrogen) atoms. The molecule has 2 rings (SSSR count). The summed E-state index contributed by atoms with van der Waals surface area (Å²) in [6.07, 6.45) is 2.42. The first-order chi connectivity index (χ1) is 7.24. The van der Waals surface area contributed by atoms with Gasteiger partial charge in [0, 0.05) is 6.54 Å². The summed E-state index contributed by atoms with van der Waals surface area (Å²) >= 11 is 1.37. The van der Waals surface area contributed by atoms with Crippen LogP contribution in [-0.2, 0) is 4.79 Å². The second-order valence-corrected chi connectivity index (χ2v) is 4.26. The Balaban J connectivity index is 2.50. The topological polar surface area (TPSA) is 66.1 Å². The minimum absolute atomic E-state index is 0.00829. The van der Waals surface area contributed by atoms with Crippen molar-refractivity contribution in [3.8, 4) is 0 Å². The van der Waals surface area contributed by atoms with Gasteiger partial charge < -0.3 is 4.90 Å².